The highest BCUT2D eigenvalue weighted by Gasteiger charge is 2.10. The molecule has 3 heteroatoms. The Morgan fingerprint density at radius 1 is 1.14 bits per heavy atom. The van der Waals surface area contributed by atoms with Crippen LogP contribution in [0, 0.1) is 6.92 Å². The molecule has 0 saturated heterocycles. The summed E-state index contributed by atoms with van der Waals surface area (Å²) in [5, 5.41) is 4.21. The van der Waals surface area contributed by atoms with Crippen molar-refractivity contribution < 1.29 is 4.74 Å². The monoisotopic (exact) mass is 303 g/mol. The van der Waals surface area contributed by atoms with Crippen LogP contribution in [0.3, 0.4) is 0 Å². The normalized spacial score (nSPS) is 12.2. The van der Waals surface area contributed by atoms with E-state index >= 15 is 0 Å². The highest BCUT2D eigenvalue weighted by atomic mass is 35.5. The number of hydrogen-bond donors (Lipinski definition) is 1. The van der Waals surface area contributed by atoms with Crippen LogP contribution in [0.5, 0.6) is 5.75 Å². The molecule has 112 valence electrons. The van der Waals surface area contributed by atoms with Crippen molar-refractivity contribution in [3.05, 3.63) is 64.2 Å². The maximum atomic E-state index is 6.22. The van der Waals surface area contributed by atoms with E-state index in [1.54, 1.807) is 7.11 Å². The van der Waals surface area contributed by atoms with Crippen LogP contribution in [0.4, 0.5) is 0 Å². The molecular formula is C18H22ClNO. The van der Waals surface area contributed by atoms with E-state index in [2.05, 4.69) is 35.6 Å². The van der Waals surface area contributed by atoms with Crippen LogP contribution in [0.1, 0.15) is 29.2 Å². The maximum absolute atomic E-state index is 6.22. The van der Waals surface area contributed by atoms with Crippen molar-refractivity contribution in [2.45, 2.75) is 25.8 Å². The zero-order valence-electron chi connectivity index (χ0n) is 12.8. The Balaban J connectivity index is 2.02. The summed E-state index contributed by atoms with van der Waals surface area (Å²) in [4.78, 5) is 0. The van der Waals surface area contributed by atoms with Crippen molar-refractivity contribution in [2.75, 3.05) is 14.2 Å². The third-order valence-corrected chi connectivity index (χ3v) is 4.23. The second-order valence-corrected chi connectivity index (χ2v) is 5.64. The number of benzene rings is 2. The zero-order valence-corrected chi connectivity index (χ0v) is 13.6. The number of nitrogens with one attached hydrogen (secondary N) is 1. The van der Waals surface area contributed by atoms with Gasteiger partial charge in [-0.2, -0.15) is 0 Å². The molecule has 0 fully saturated rings. The molecule has 0 aliphatic rings. The predicted molar refractivity (Wildman–Crippen MR) is 89.3 cm³/mol. The predicted octanol–water partition coefficient (Wildman–Crippen LogP) is 4.55. The molecule has 0 aliphatic carbocycles. The fourth-order valence-electron chi connectivity index (χ4n) is 2.41. The average molecular weight is 304 g/mol. The molecule has 2 nitrogen and oxygen atoms in total. The van der Waals surface area contributed by atoms with Crippen LogP contribution in [-0.4, -0.2) is 14.2 Å². The Bertz CT molecular complexity index is 580. The summed E-state index contributed by atoms with van der Waals surface area (Å²) in [6, 6.07) is 14.9. The first-order valence-corrected chi connectivity index (χ1v) is 7.58. The molecule has 0 aromatic heterocycles. The van der Waals surface area contributed by atoms with Crippen molar-refractivity contribution in [1.29, 1.82) is 0 Å². The van der Waals surface area contributed by atoms with Gasteiger partial charge in [0.2, 0.25) is 0 Å². The Labute approximate surface area is 132 Å². The van der Waals surface area contributed by atoms with Crippen LogP contribution in [0.2, 0.25) is 5.02 Å². The molecule has 2 aromatic carbocycles. The molecule has 2 aromatic rings. The lowest BCUT2D eigenvalue weighted by atomic mass is 9.98. The van der Waals surface area contributed by atoms with Gasteiger partial charge in [-0.1, -0.05) is 35.9 Å². The van der Waals surface area contributed by atoms with Gasteiger partial charge in [-0.3, -0.25) is 0 Å². The van der Waals surface area contributed by atoms with Gasteiger partial charge >= 0.3 is 0 Å². The van der Waals surface area contributed by atoms with Crippen LogP contribution in [0.25, 0.3) is 0 Å². The van der Waals surface area contributed by atoms with Crippen molar-refractivity contribution >= 4 is 11.6 Å². The third-order valence-electron chi connectivity index (χ3n) is 3.83. The third kappa shape index (κ3) is 4.23. The molecule has 0 bridgehead atoms. The highest BCUT2D eigenvalue weighted by Crippen LogP contribution is 2.24. The average Bonchev–Trinajstić information content (AvgIpc) is 2.52. The quantitative estimate of drug-likeness (QED) is 0.845. The van der Waals surface area contributed by atoms with Crippen LogP contribution >= 0.6 is 11.6 Å². The molecule has 1 unspecified atom stereocenters. The number of hydrogen-bond acceptors (Lipinski definition) is 2. The summed E-state index contributed by atoms with van der Waals surface area (Å²) in [5.74, 6) is 0.897. The largest absolute Gasteiger partial charge is 0.497 e. The van der Waals surface area contributed by atoms with Gasteiger partial charge in [-0.25, -0.2) is 0 Å². The number of methoxy groups -OCH3 is 1. The molecule has 1 atom stereocenters. The molecule has 0 saturated carbocycles. The molecular weight excluding hydrogens is 282 g/mol. The van der Waals surface area contributed by atoms with E-state index in [1.807, 2.05) is 26.1 Å². The molecule has 2 rings (SSSR count). The van der Waals surface area contributed by atoms with E-state index in [9.17, 15) is 0 Å². The van der Waals surface area contributed by atoms with E-state index in [0.717, 1.165) is 29.2 Å². The van der Waals surface area contributed by atoms with Crippen LogP contribution < -0.4 is 10.1 Å². The van der Waals surface area contributed by atoms with E-state index < -0.39 is 0 Å². The molecule has 0 aliphatic heterocycles. The van der Waals surface area contributed by atoms with Gasteiger partial charge in [-0.05, 0) is 61.7 Å². The van der Waals surface area contributed by atoms with Gasteiger partial charge in [0.25, 0.3) is 0 Å². The second-order valence-electron chi connectivity index (χ2n) is 5.24. The minimum atomic E-state index is 0.310. The number of ether oxygens (including phenoxy) is 1. The Morgan fingerprint density at radius 2 is 1.86 bits per heavy atom. The van der Waals surface area contributed by atoms with Crippen molar-refractivity contribution in [3.8, 4) is 5.75 Å². The standard InChI is InChI=1S/C18H22ClNO/c1-13-4-8-15(12-17(13)19)18(20-2)11-7-14-5-9-16(21-3)10-6-14/h4-6,8-10,12,18,20H,7,11H2,1-3H3. The summed E-state index contributed by atoms with van der Waals surface area (Å²) in [6.45, 7) is 2.03. The van der Waals surface area contributed by atoms with Gasteiger partial charge in [0.1, 0.15) is 5.75 Å². The Hall–Kier alpha value is -1.51. The Morgan fingerprint density at radius 3 is 2.43 bits per heavy atom. The number of halogens is 1. The Kier molecular flexibility index (Phi) is 5.66. The lowest BCUT2D eigenvalue weighted by Gasteiger charge is -2.17. The maximum Gasteiger partial charge on any atom is 0.118 e. The van der Waals surface area contributed by atoms with Crippen LogP contribution in [-0.2, 0) is 6.42 Å². The van der Waals surface area contributed by atoms with Crippen molar-refractivity contribution in [3.63, 3.8) is 0 Å². The van der Waals surface area contributed by atoms with E-state index in [0.29, 0.717) is 6.04 Å². The van der Waals surface area contributed by atoms with Gasteiger partial charge < -0.3 is 10.1 Å². The summed E-state index contributed by atoms with van der Waals surface area (Å²) in [6.07, 6.45) is 2.04. The van der Waals surface area contributed by atoms with Crippen molar-refractivity contribution in [1.82, 2.24) is 5.32 Å². The summed E-state index contributed by atoms with van der Waals surface area (Å²) in [5.41, 5.74) is 3.67. The first kappa shape index (κ1) is 15.9. The first-order valence-electron chi connectivity index (χ1n) is 7.20. The van der Waals surface area contributed by atoms with E-state index in [4.69, 9.17) is 16.3 Å². The summed E-state index contributed by atoms with van der Waals surface area (Å²) < 4.78 is 5.18. The van der Waals surface area contributed by atoms with Gasteiger partial charge in [0.05, 0.1) is 7.11 Å². The molecule has 1 N–H and O–H groups in total. The van der Waals surface area contributed by atoms with Crippen molar-refractivity contribution in [2.24, 2.45) is 0 Å². The SMILES string of the molecule is CNC(CCc1ccc(OC)cc1)c1ccc(C)c(Cl)c1. The topological polar surface area (TPSA) is 21.3 Å². The fraction of sp³-hybridized carbons (Fsp3) is 0.333. The minimum absolute atomic E-state index is 0.310. The van der Waals surface area contributed by atoms with Gasteiger partial charge in [0, 0.05) is 11.1 Å². The summed E-state index contributed by atoms with van der Waals surface area (Å²) >= 11 is 6.22. The lowest BCUT2D eigenvalue weighted by Crippen LogP contribution is -2.17. The van der Waals surface area contributed by atoms with Crippen LogP contribution in [0.15, 0.2) is 42.5 Å². The lowest BCUT2D eigenvalue weighted by molar-refractivity contribution is 0.414. The molecule has 0 radical (unpaired) electrons. The van der Waals surface area contributed by atoms with Gasteiger partial charge in [-0.15, -0.1) is 0 Å². The smallest absolute Gasteiger partial charge is 0.118 e. The highest BCUT2D eigenvalue weighted by molar-refractivity contribution is 6.31. The van der Waals surface area contributed by atoms with E-state index in [1.165, 1.54) is 11.1 Å². The fourth-order valence-corrected chi connectivity index (χ4v) is 2.60. The molecule has 21 heavy (non-hydrogen) atoms. The molecule has 0 amide bonds. The first-order chi connectivity index (χ1) is 10.1. The molecule has 0 heterocycles. The minimum Gasteiger partial charge on any atom is -0.497 e. The molecule has 0 spiro atoms. The zero-order chi connectivity index (χ0) is 15.2. The second kappa shape index (κ2) is 7.48. The van der Waals surface area contributed by atoms with Gasteiger partial charge in [0.15, 0.2) is 0 Å². The summed E-state index contributed by atoms with van der Waals surface area (Å²) in [7, 11) is 3.68. The number of rotatable bonds is 6. The number of aryl methyl sites for hydroxylation is 2. The van der Waals surface area contributed by atoms with E-state index in [-0.39, 0.29) is 0 Å².